The molecule has 4 atom stereocenters. The van der Waals surface area contributed by atoms with Gasteiger partial charge in [0.1, 0.15) is 24.2 Å². The molecule has 2 aliphatic rings. The summed E-state index contributed by atoms with van der Waals surface area (Å²) in [6, 6.07) is 5.34. The zero-order chi connectivity index (χ0) is 29.2. The Balaban J connectivity index is 1.70. The zero-order valence-electron chi connectivity index (χ0n) is 24.0. The van der Waals surface area contributed by atoms with Crippen LogP contribution < -0.4 is 16.1 Å². The van der Waals surface area contributed by atoms with E-state index in [2.05, 4.69) is 21.0 Å². The van der Waals surface area contributed by atoms with E-state index < -0.39 is 41.5 Å². The monoisotopic (exact) mass is 549 g/mol. The van der Waals surface area contributed by atoms with E-state index in [1.54, 1.807) is 40.0 Å². The largest absolute Gasteiger partial charge is 0.455 e. The van der Waals surface area contributed by atoms with Gasteiger partial charge in [-0.1, -0.05) is 38.1 Å². The summed E-state index contributed by atoms with van der Waals surface area (Å²) in [4.78, 5) is 57.2. The number of hydrogen-bond donors (Lipinski definition) is 3. The minimum atomic E-state index is -0.915. The summed E-state index contributed by atoms with van der Waals surface area (Å²) in [5.41, 5.74) is 3.55. The number of hydrogen-bond acceptors (Lipinski definition) is 7. The van der Waals surface area contributed by atoms with Gasteiger partial charge in [-0.2, -0.15) is 0 Å². The van der Waals surface area contributed by atoms with Crippen molar-refractivity contribution in [3.8, 4) is 0 Å². The molecular formula is C30H39N5O5. The molecule has 3 heterocycles. The van der Waals surface area contributed by atoms with Gasteiger partial charge in [0.15, 0.2) is 0 Å². The average molecular weight is 550 g/mol. The van der Waals surface area contributed by atoms with E-state index in [1.807, 2.05) is 44.2 Å². The topological polar surface area (TPSA) is 130 Å². The summed E-state index contributed by atoms with van der Waals surface area (Å²) in [5.74, 6) is -1.83. The molecule has 1 aromatic carbocycles. The van der Waals surface area contributed by atoms with E-state index in [9.17, 15) is 19.2 Å². The van der Waals surface area contributed by atoms with Gasteiger partial charge in [-0.05, 0) is 69.5 Å². The third kappa shape index (κ3) is 6.50. The molecule has 10 nitrogen and oxygen atoms in total. The minimum Gasteiger partial charge on any atom is -0.455 e. The second kappa shape index (κ2) is 11.8. The minimum absolute atomic E-state index is 0.217. The predicted molar refractivity (Wildman–Crippen MR) is 151 cm³/mol. The summed E-state index contributed by atoms with van der Waals surface area (Å²) >= 11 is 0. The highest BCUT2D eigenvalue weighted by Crippen LogP contribution is 2.25. The highest BCUT2D eigenvalue weighted by molar-refractivity contribution is 5.94. The van der Waals surface area contributed by atoms with Crippen LogP contribution in [0.3, 0.4) is 0 Å². The first-order valence-corrected chi connectivity index (χ1v) is 13.8. The molecule has 2 aliphatic heterocycles. The van der Waals surface area contributed by atoms with Crippen molar-refractivity contribution in [2.45, 2.75) is 78.6 Å². The molecule has 4 rings (SSSR count). The quantitative estimate of drug-likeness (QED) is 0.466. The Morgan fingerprint density at radius 2 is 1.80 bits per heavy atom. The highest BCUT2D eigenvalue weighted by Gasteiger charge is 2.35. The van der Waals surface area contributed by atoms with Gasteiger partial charge in [-0.25, -0.2) is 5.43 Å². The summed E-state index contributed by atoms with van der Waals surface area (Å²) in [5, 5.41) is 8.83. The second-order valence-electron chi connectivity index (χ2n) is 11.6. The molecule has 3 N–H and O–H groups in total. The number of aromatic nitrogens is 1. The van der Waals surface area contributed by atoms with Crippen LogP contribution in [0.15, 0.2) is 36.5 Å². The van der Waals surface area contributed by atoms with Crippen LogP contribution in [0.1, 0.15) is 71.7 Å². The normalized spacial score (nSPS) is 27.2. The van der Waals surface area contributed by atoms with Gasteiger partial charge < -0.3 is 15.4 Å². The molecule has 1 fully saturated rings. The smallest absolute Gasteiger partial charge is 0.325 e. The van der Waals surface area contributed by atoms with Crippen LogP contribution in [0.5, 0.6) is 0 Å². The lowest BCUT2D eigenvalue weighted by Crippen LogP contribution is -2.61. The number of fused-ring (bicyclic) bond motifs is 4. The number of nitrogens with zero attached hydrogens (tertiary/aromatic N) is 2. The number of carbonyl (C=O) groups excluding carboxylic acids is 4. The van der Waals surface area contributed by atoms with Gasteiger partial charge in [0, 0.05) is 18.1 Å². The molecule has 10 heteroatoms. The Bertz CT molecular complexity index is 1340. The Kier molecular flexibility index (Phi) is 8.58. The molecule has 0 spiro atoms. The summed E-state index contributed by atoms with van der Waals surface area (Å²) in [6.45, 7) is 11.0. The average Bonchev–Trinajstić information content (AvgIpc) is 2.92. The van der Waals surface area contributed by atoms with E-state index in [-0.39, 0.29) is 17.7 Å². The van der Waals surface area contributed by atoms with Crippen molar-refractivity contribution in [3.05, 3.63) is 47.8 Å². The first-order valence-electron chi connectivity index (χ1n) is 13.8. The fourth-order valence-electron chi connectivity index (χ4n) is 4.78. The molecular weight excluding hydrogens is 510 g/mol. The molecule has 40 heavy (non-hydrogen) atoms. The summed E-state index contributed by atoms with van der Waals surface area (Å²) < 4.78 is 5.75. The van der Waals surface area contributed by atoms with Crippen LogP contribution in [0.4, 0.5) is 0 Å². The number of cyclic esters (lactones) is 1. The first-order chi connectivity index (χ1) is 18.9. The fraction of sp³-hybridized carbons (Fsp3) is 0.500. The van der Waals surface area contributed by atoms with Gasteiger partial charge in [0.05, 0.1) is 11.1 Å². The molecule has 3 unspecified atom stereocenters. The molecule has 0 saturated carbocycles. The predicted octanol–water partition coefficient (Wildman–Crippen LogP) is 3.03. The number of pyridine rings is 1. The number of amides is 3. The van der Waals surface area contributed by atoms with Crippen LogP contribution in [-0.2, 0) is 23.9 Å². The lowest BCUT2D eigenvalue weighted by molar-refractivity contribution is -0.157. The van der Waals surface area contributed by atoms with Gasteiger partial charge in [-0.3, -0.25) is 29.2 Å². The van der Waals surface area contributed by atoms with Crippen LogP contribution in [0.25, 0.3) is 16.8 Å². The Hall–Kier alpha value is -3.79. The first kappa shape index (κ1) is 29.2. The number of hydrazine groups is 1. The van der Waals surface area contributed by atoms with Crippen LogP contribution in [0.2, 0.25) is 0 Å². The van der Waals surface area contributed by atoms with E-state index in [0.29, 0.717) is 25.1 Å². The fourth-order valence-corrected chi connectivity index (χ4v) is 4.78. The summed E-state index contributed by atoms with van der Waals surface area (Å²) in [6.07, 6.45) is 5.92. The molecule has 5 bridgehead atoms. The zero-order valence-corrected chi connectivity index (χ0v) is 24.0. The molecule has 0 aliphatic carbocycles. The Morgan fingerprint density at radius 3 is 2.52 bits per heavy atom. The molecule has 2 aromatic rings. The highest BCUT2D eigenvalue weighted by atomic mass is 16.5. The molecule has 3 amide bonds. The Labute approximate surface area is 234 Å². The van der Waals surface area contributed by atoms with Crippen LogP contribution >= 0.6 is 0 Å². The van der Waals surface area contributed by atoms with Crippen LogP contribution in [-0.4, -0.2) is 58.4 Å². The van der Waals surface area contributed by atoms with Crippen molar-refractivity contribution in [2.75, 3.05) is 6.54 Å². The van der Waals surface area contributed by atoms with Gasteiger partial charge in [0.25, 0.3) is 5.91 Å². The number of carbonyl (C=O) groups is 4. The van der Waals surface area contributed by atoms with Gasteiger partial charge >= 0.3 is 5.97 Å². The third-order valence-electron chi connectivity index (χ3n) is 7.46. The number of benzene rings is 1. The van der Waals surface area contributed by atoms with E-state index >= 15 is 0 Å². The number of ether oxygens (including phenoxy) is 1. The standard InChI is InChI=1S/C30H39N5O5/c1-17(2)25-26(36)32-18(3)27(37)35-13-7-8-23(34-35)28(38)40-19(4)24-15-22-14-20(9-10-21(22)16-31-24)11-12-30(5,6)29(39)33-25/h9-12,14-19,23,25,34H,7-8,13H2,1-6H3,(H,32,36)(H,33,39)/b12-11+/t18?,19-,23?,25?/m1/s1. The van der Waals surface area contributed by atoms with E-state index in [0.717, 1.165) is 16.3 Å². The number of esters is 1. The lowest BCUT2D eigenvalue weighted by atomic mass is 9.89. The maximum absolute atomic E-state index is 13.3. The second-order valence-corrected chi connectivity index (χ2v) is 11.6. The molecule has 214 valence electrons. The van der Waals surface area contributed by atoms with Gasteiger partial charge in [0.2, 0.25) is 11.8 Å². The van der Waals surface area contributed by atoms with Crippen molar-refractivity contribution in [1.29, 1.82) is 0 Å². The number of nitrogens with one attached hydrogen (secondary N) is 3. The lowest BCUT2D eigenvalue weighted by Gasteiger charge is -2.35. The van der Waals surface area contributed by atoms with Crippen molar-refractivity contribution < 1.29 is 23.9 Å². The number of rotatable bonds is 1. The SMILES string of the molecule is CC1NC(=O)C(C(C)C)NC(=O)C(C)(C)/C=C/c2ccc3cnc(cc3c2)[C@@H](C)OC(=O)C2CCCN(N2)C1=O. The maximum atomic E-state index is 13.3. The Morgan fingerprint density at radius 1 is 1.05 bits per heavy atom. The molecule has 1 aromatic heterocycles. The maximum Gasteiger partial charge on any atom is 0.325 e. The third-order valence-corrected chi connectivity index (χ3v) is 7.46. The van der Waals surface area contributed by atoms with E-state index in [1.165, 1.54) is 5.01 Å². The molecule has 0 radical (unpaired) electrons. The van der Waals surface area contributed by atoms with Crippen molar-refractivity contribution in [2.24, 2.45) is 11.3 Å². The van der Waals surface area contributed by atoms with Crippen molar-refractivity contribution >= 4 is 40.5 Å². The van der Waals surface area contributed by atoms with Crippen LogP contribution in [0, 0.1) is 11.3 Å². The summed E-state index contributed by atoms with van der Waals surface area (Å²) in [7, 11) is 0. The molecule has 1 saturated heterocycles. The van der Waals surface area contributed by atoms with E-state index in [4.69, 9.17) is 4.74 Å². The van der Waals surface area contributed by atoms with Crippen molar-refractivity contribution in [1.82, 2.24) is 26.1 Å². The van der Waals surface area contributed by atoms with Gasteiger partial charge in [-0.15, -0.1) is 0 Å². The van der Waals surface area contributed by atoms with Crippen molar-refractivity contribution in [3.63, 3.8) is 0 Å².